The maximum atomic E-state index is 11.8. The smallest absolute Gasteiger partial charge is 0.333 e. The van der Waals surface area contributed by atoms with Crippen molar-refractivity contribution in [3.8, 4) is 5.75 Å². The number of hydrazine groups is 1. The molecule has 0 unspecified atom stereocenters. The van der Waals surface area contributed by atoms with Crippen LogP contribution in [-0.2, 0) is 9.53 Å². The summed E-state index contributed by atoms with van der Waals surface area (Å²) in [6.45, 7) is 1.61. The zero-order valence-corrected chi connectivity index (χ0v) is 11.8. The fourth-order valence-electron chi connectivity index (χ4n) is 1.36. The van der Waals surface area contributed by atoms with Gasteiger partial charge in [0.1, 0.15) is 12.3 Å². The molecule has 0 saturated carbocycles. The molecular weight excluding hydrogens is 278 g/mol. The number of rotatable bonds is 5. The first-order chi connectivity index (χ1) is 10.1. The Hall–Kier alpha value is -2.77. The van der Waals surface area contributed by atoms with E-state index in [1.807, 2.05) is 0 Å². The summed E-state index contributed by atoms with van der Waals surface area (Å²) in [5.41, 5.74) is 4.63. The Kier molecular flexibility index (Phi) is 6.52. The van der Waals surface area contributed by atoms with Crippen LogP contribution >= 0.6 is 0 Å². The molecule has 0 heterocycles. The number of hydrogen-bond donors (Lipinski definition) is 3. The van der Waals surface area contributed by atoms with Gasteiger partial charge in [-0.25, -0.2) is 10.2 Å². The molecule has 114 valence electrons. The van der Waals surface area contributed by atoms with Gasteiger partial charge >= 0.3 is 12.0 Å². The molecule has 21 heavy (non-hydrogen) atoms. The van der Waals surface area contributed by atoms with Crippen molar-refractivity contribution in [3.05, 3.63) is 29.8 Å². The largest absolute Gasteiger partial charge is 0.497 e. The summed E-state index contributed by atoms with van der Waals surface area (Å²) in [7, 11) is 1.48. The van der Waals surface area contributed by atoms with E-state index in [9.17, 15) is 14.4 Å². The molecule has 0 atom stereocenters. The van der Waals surface area contributed by atoms with Gasteiger partial charge in [0.15, 0.2) is 0 Å². The second kappa shape index (κ2) is 8.41. The highest BCUT2D eigenvalue weighted by molar-refractivity contribution is 5.95. The average Bonchev–Trinajstić information content (AvgIpc) is 2.50. The Labute approximate surface area is 121 Å². The van der Waals surface area contributed by atoms with Gasteiger partial charge in [-0.3, -0.25) is 15.0 Å². The Morgan fingerprint density at radius 2 is 1.95 bits per heavy atom. The molecule has 3 amide bonds. The predicted octanol–water partition coefficient (Wildman–Crippen LogP) is 0.202. The summed E-state index contributed by atoms with van der Waals surface area (Å²) in [5.74, 6) is -0.554. The zero-order valence-electron chi connectivity index (χ0n) is 11.8. The normalized spacial score (nSPS) is 9.43. The third-order valence-corrected chi connectivity index (χ3v) is 2.32. The Morgan fingerprint density at radius 1 is 1.19 bits per heavy atom. The van der Waals surface area contributed by atoms with Crippen molar-refractivity contribution in [3.63, 3.8) is 0 Å². The van der Waals surface area contributed by atoms with Gasteiger partial charge in [0.05, 0.1) is 13.7 Å². The monoisotopic (exact) mass is 295 g/mol. The minimum absolute atomic E-state index is 0.231. The van der Waals surface area contributed by atoms with E-state index in [4.69, 9.17) is 4.74 Å². The molecule has 0 aliphatic rings. The summed E-state index contributed by atoms with van der Waals surface area (Å²) in [6, 6.07) is 5.70. The fraction of sp³-hybridized carbons (Fsp3) is 0.308. The summed E-state index contributed by atoms with van der Waals surface area (Å²) >= 11 is 0. The van der Waals surface area contributed by atoms with Gasteiger partial charge in [-0.15, -0.1) is 0 Å². The highest BCUT2D eigenvalue weighted by atomic mass is 16.5. The molecule has 3 N–H and O–H groups in total. The lowest BCUT2D eigenvalue weighted by Crippen LogP contribution is -2.48. The van der Waals surface area contributed by atoms with E-state index in [0.29, 0.717) is 11.3 Å². The van der Waals surface area contributed by atoms with Crippen LogP contribution in [0.2, 0.25) is 0 Å². The number of carbonyl (C=O) groups excluding carboxylic acids is 3. The molecule has 0 fully saturated rings. The number of ether oxygens (including phenoxy) is 2. The zero-order chi connectivity index (χ0) is 15.7. The molecule has 0 radical (unpaired) electrons. The van der Waals surface area contributed by atoms with Crippen LogP contribution < -0.4 is 20.9 Å². The van der Waals surface area contributed by atoms with Gasteiger partial charge in [-0.2, -0.15) is 0 Å². The second-order valence-corrected chi connectivity index (χ2v) is 3.80. The van der Waals surface area contributed by atoms with Crippen molar-refractivity contribution < 1.29 is 23.9 Å². The van der Waals surface area contributed by atoms with Crippen LogP contribution in [0.5, 0.6) is 5.75 Å². The van der Waals surface area contributed by atoms with Gasteiger partial charge < -0.3 is 14.8 Å². The minimum atomic E-state index is -0.723. The molecule has 0 bridgehead atoms. The number of carbonyl (C=O) groups is 3. The van der Waals surface area contributed by atoms with E-state index in [2.05, 4.69) is 20.9 Å². The van der Waals surface area contributed by atoms with Crippen LogP contribution in [0.1, 0.15) is 17.3 Å². The first kappa shape index (κ1) is 16.3. The average molecular weight is 295 g/mol. The Balaban J connectivity index is 2.38. The van der Waals surface area contributed by atoms with Crippen molar-refractivity contribution in [2.75, 3.05) is 20.3 Å². The number of urea groups is 1. The second-order valence-electron chi connectivity index (χ2n) is 3.80. The van der Waals surface area contributed by atoms with Crippen LogP contribution in [0.15, 0.2) is 24.3 Å². The Morgan fingerprint density at radius 3 is 2.62 bits per heavy atom. The molecule has 1 rings (SSSR count). The third kappa shape index (κ3) is 5.81. The molecule has 0 aliphatic heterocycles. The number of hydrogen-bond acceptors (Lipinski definition) is 5. The lowest BCUT2D eigenvalue weighted by molar-refractivity contribution is -0.141. The quantitative estimate of drug-likeness (QED) is 0.531. The maximum Gasteiger partial charge on any atom is 0.333 e. The number of nitrogens with one attached hydrogen (secondary N) is 3. The summed E-state index contributed by atoms with van der Waals surface area (Å²) in [5, 5.41) is 2.23. The molecular formula is C13H17N3O5. The summed E-state index contributed by atoms with van der Waals surface area (Å²) < 4.78 is 9.62. The Bertz CT molecular complexity index is 518. The van der Waals surface area contributed by atoms with Crippen molar-refractivity contribution in [2.45, 2.75) is 6.92 Å². The minimum Gasteiger partial charge on any atom is -0.497 e. The molecule has 0 saturated heterocycles. The fourth-order valence-corrected chi connectivity index (χ4v) is 1.36. The SMILES string of the molecule is CCOC(=O)CNC(=O)NNC(=O)c1cccc(OC)c1. The number of methoxy groups -OCH3 is 1. The molecule has 0 aliphatic carbocycles. The van der Waals surface area contributed by atoms with Crippen molar-refractivity contribution in [2.24, 2.45) is 0 Å². The maximum absolute atomic E-state index is 11.8. The third-order valence-electron chi connectivity index (χ3n) is 2.32. The lowest BCUT2D eigenvalue weighted by Gasteiger charge is -2.09. The van der Waals surface area contributed by atoms with Crippen LogP contribution in [0.25, 0.3) is 0 Å². The van der Waals surface area contributed by atoms with Crippen molar-refractivity contribution in [1.29, 1.82) is 0 Å². The highest BCUT2D eigenvalue weighted by Crippen LogP contribution is 2.11. The van der Waals surface area contributed by atoms with E-state index in [0.717, 1.165) is 0 Å². The van der Waals surface area contributed by atoms with Crippen molar-refractivity contribution >= 4 is 17.9 Å². The molecule has 0 spiro atoms. The number of esters is 1. The molecule has 1 aromatic rings. The van der Waals surface area contributed by atoms with Crippen LogP contribution in [0.3, 0.4) is 0 Å². The van der Waals surface area contributed by atoms with Gasteiger partial charge in [0, 0.05) is 5.56 Å². The topological polar surface area (TPSA) is 106 Å². The van der Waals surface area contributed by atoms with Gasteiger partial charge in [0.2, 0.25) is 0 Å². The van der Waals surface area contributed by atoms with Crippen LogP contribution in [0.4, 0.5) is 4.79 Å². The van der Waals surface area contributed by atoms with E-state index in [1.165, 1.54) is 13.2 Å². The van der Waals surface area contributed by atoms with Gasteiger partial charge in [-0.05, 0) is 25.1 Å². The van der Waals surface area contributed by atoms with Gasteiger partial charge in [0.25, 0.3) is 5.91 Å². The van der Waals surface area contributed by atoms with Crippen LogP contribution in [-0.4, -0.2) is 38.2 Å². The number of amides is 3. The summed E-state index contributed by atoms with van der Waals surface area (Å²) in [4.78, 5) is 34.1. The number of benzene rings is 1. The first-order valence-corrected chi connectivity index (χ1v) is 6.20. The summed E-state index contributed by atoms with van der Waals surface area (Å²) in [6.07, 6.45) is 0. The lowest BCUT2D eigenvalue weighted by atomic mass is 10.2. The predicted molar refractivity (Wildman–Crippen MR) is 73.6 cm³/mol. The molecule has 8 nitrogen and oxygen atoms in total. The molecule has 1 aromatic carbocycles. The highest BCUT2D eigenvalue weighted by Gasteiger charge is 2.09. The van der Waals surface area contributed by atoms with E-state index < -0.39 is 17.9 Å². The van der Waals surface area contributed by atoms with Crippen LogP contribution in [0, 0.1) is 0 Å². The van der Waals surface area contributed by atoms with E-state index in [1.54, 1.807) is 25.1 Å². The molecule has 8 heteroatoms. The van der Waals surface area contributed by atoms with Gasteiger partial charge in [-0.1, -0.05) is 6.07 Å². The van der Waals surface area contributed by atoms with E-state index >= 15 is 0 Å². The standard InChI is InChI=1S/C13H17N3O5/c1-3-21-11(17)8-14-13(19)16-15-12(18)9-5-4-6-10(7-9)20-2/h4-7H,3,8H2,1-2H3,(H,15,18)(H2,14,16,19). The first-order valence-electron chi connectivity index (χ1n) is 6.20. The van der Waals surface area contributed by atoms with E-state index in [-0.39, 0.29) is 13.2 Å². The van der Waals surface area contributed by atoms with Crippen molar-refractivity contribution in [1.82, 2.24) is 16.2 Å². The molecule has 0 aromatic heterocycles.